The summed E-state index contributed by atoms with van der Waals surface area (Å²) in [6, 6.07) is 8.78. The number of benzene rings is 1. The van der Waals surface area contributed by atoms with Crippen molar-refractivity contribution in [3.63, 3.8) is 0 Å². The molecule has 0 aliphatic rings. The number of aryl methyl sites for hydroxylation is 1. The standard InChI is InChI=1S/C12H20N2/c1-5-10-6-8-11(9-7-10)12(13-2)14(3)4/h6-9,12-13H,5H2,1-4H3. The van der Waals surface area contributed by atoms with Crippen LogP contribution in [0.5, 0.6) is 0 Å². The smallest absolute Gasteiger partial charge is 0.0853 e. The van der Waals surface area contributed by atoms with Gasteiger partial charge in [-0.3, -0.25) is 4.90 Å². The first-order chi connectivity index (χ1) is 6.69. The van der Waals surface area contributed by atoms with Gasteiger partial charge in [-0.1, -0.05) is 31.2 Å². The van der Waals surface area contributed by atoms with E-state index in [0.717, 1.165) is 6.42 Å². The second-order valence-electron chi connectivity index (χ2n) is 3.75. The molecule has 14 heavy (non-hydrogen) atoms. The molecule has 1 rings (SSSR count). The van der Waals surface area contributed by atoms with Crippen molar-refractivity contribution < 1.29 is 0 Å². The summed E-state index contributed by atoms with van der Waals surface area (Å²) in [6.07, 6.45) is 1.41. The van der Waals surface area contributed by atoms with Gasteiger partial charge in [0.25, 0.3) is 0 Å². The molecule has 0 aliphatic heterocycles. The van der Waals surface area contributed by atoms with Crippen LogP contribution in [0.15, 0.2) is 24.3 Å². The van der Waals surface area contributed by atoms with E-state index in [1.165, 1.54) is 11.1 Å². The van der Waals surface area contributed by atoms with Crippen molar-refractivity contribution in [1.29, 1.82) is 0 Å². The number of hydrogen-bond donors (Lipinski definition) is 1. The molecule has 0 saturated carbocycles. The van der Waals surface area contributed by atoms with E-state index in [9.17, 15) is 0 Å². The summed E-state index contributed by atoms with van der Waals surface area (Å²) in [5, 5.41) is 3.28. The van der Waals surface area contributed by atoms with Gasteiger partial charge in [0.1, 0.15) is 0 Å². The normalized spacial score (nSPS) is 13.2. The van der Waals surface area contributed by atoms with Gasteiger partial charge < -0.3 is 5.32 Å². The summed E-state index contributed by atoms with van der Waals surface area (Å²) in [4.78, 5) is 2.17. The van der Waals surface area contributed by atoms with Crippen LogP contribution in [0.3, 0.4) is 0 Å². The van der Waals surface area contributed by atoms with Gasteiger partial charge in [-0.05, 0) is 38.7 Å². The molecule has 0 aliphatic carbocycles. The first kappa shape index (κ1) is 11.2. The van der Waals surface area contributed by atoms with Gasteiger partial charge in [-0.15, -0.1) is 0 Å². The third kappa shape index (κ3) is 2.56. The molecular formula is C12H20N2. The van der Waals surface area contributed by atoms with Gasteiger partial charge in [-0.25, -0.2) is 0 Å². The number of rotatable bonds is 4. The van der Waals surface area contributed by atoms with Crippen LogP contribution in [0.1, 0.15) is 24.2 Å². The predicted molar refractivity (Wildman–Crippen MR) is 61.3 cm³/mol. The lowest BCUT2D eigenvalue weighted by molar-refractivity contribution is 0.264. The van der Waals surface area contributed by atoms with Crippen LogP contribution >= 0.6 is 0 Å². The molecule has 1 N–H and O–H groups in total. The molecule has 0 heterocycles. The van der Waals surface area contributed by atoms with Crippen molar-refractivity contribution in [3.8, 4) is 0 Å². The fraction of sp³-hybridized carbons (Fsp3) is 0.500. The first-order valence-electron chi connectivity index (χ1n) is 5.11. The molecule has 0 fully saturated rings. The highest BCUT2D eigenvalue weighted by Gasteiger charge is 2.10. The molecular weight excluding hydrogens is 172 g/mol. The number of nitrogens with one attached hydrogen (secondary N) is 1. The summed E-state index contributed by atoms with van der Waals surface area (Å²) < 4.78 is 0. The third-order valence-corrected chi connectivity index (χ3v) is 2.49. The Morgan fingerprint density at radius 3 is 2.14 bits per heavy atom. The van der Waals surface area contributed by atoms with E-state index >= 15 is 0 Å². The molecule has 0 radical (unpaired) electrons. The summed E-state index contributed by atoms with van der Waals surface area (Å²) in [7, 11) is 6.14. The summed E-state index contributed by atoms with van der Waals surface area (Å²) in [6.45, 7) is 2.18. The van der Waals surface area contributed by atoms with Crippen LogP contribution in [-0.2, 0) is 6.42 Å². The average Bonchev–Trinajstić information content (AvgIpc) is 2.19. The second kappa shape index (κ2) is 5.13. The topological polar surface area (TPSA) is 15.3 Å². The van der Waals surface area contributed by atoms with E-state index in [0.29, 0.717) is 6.17 Å². The van der Waals surface area contributed by atoms with Crippen LogP contribution in [0.25, 0.3) is 0 Å². The third-order valence-electron chi connectivity index (χ3n) is 2.49. The molecule has 2 heteroatoms. The monoisotopic (exact) mass is 192 g/mol. The Labute approximate surface area is 86.9 Å². The quantitative estimate of drug-likeness (QED) is 0.734. The zero-order valence-electron chi connectivity index (χ0n) is 9.54. The van der Waals surface area contributed by atoms with Crippen LogP contribution in [-0.4, -0.2) is 26.0 Å². The van der Waals surface area contributed by atoms with Crippen molar-refractivity contribution in [2.75, 3.05) is 21.1 Å². The lowest BCUT2D eigenvalue weighted by atomic mass is 10.1. The molecule has 1 aromatic carbocycles. The van der Waals surface area contributed by atoms with Crippen molar-refractivity contribution >= 4 is 0 Å². The minimum Gasteiger partial charge on any atom is -0.301 e. The lowest BCUT2D eigenvalue weighted by Gasteiger charge is -2.24. The average molecular weight is 192 g/mol. The molecule has 1 aromatic rings. The maximum absolute atomic E-state index is 3.28. The number of hydrogen-bond acceptors (Lipinski definition) is 2. The van der Waals surface area contributed by atoms with Crippen molar-refractivity contribution in [3.05, 3.63) is 35.4 Å². The van der Waals surface area contributed by atoms with Gasteiger partial charge in [0.05, 0.1) is 6.17 Å². The Morgan fingerprint density at radius 2 is 1.79 bits per heavy atom. The summed E-state index contributed by atoms with van der Waals surface area (Å²) >= 11 is 0. The van der Waals surface area contributed by atoms with E-state index in [2.05, 4.69) is 55.5 Å². The fourth-order valence-electron chi connectivity index (χ4n) is 1.66. The van der Waals surface area contributed by atoms with Gasteiger partial charge in [0, 0.05) is 0 Å². The van der Waals surface area contributed by atoms with Crippen LogP contribution in [0, 0.1) is 0 Å². The Bertz CT molecular complexity index is 264. The van der Waals surface area contributed by atoms with Crippen LogP contribution in [0.4, 0.5) is 0 Å². The van der Waals surface area contributed by atoms with E-state index in [4.69, 9.17) is 0 Å². The van der Waals surface area contributed by atoms with E-state index in [-0.39, 0.29) is 0 Å². The van der Waals surface area contributed by atoms with E-state index in [1.54, 1.807) is 0 Å². The Hall–Kier alpha value is -0.860. The maximum atomic E-state index is 3.28. The highest BCUT2D eigenvalue weighted by Crippen LogP contribution is 2.15. The van der Waals surface area contributed by atoms with E-state index in [1.807, 2.05) is 7.05 Å². The van der Waals surface area contributed by atoms with Gasteiger partial charge in [-0.2, -0.15) is 0 Å². The Kier molecular flexibility index (Phi) is 4.11. The summed E-state index contributed by atoms with van der Waals surface area (Å²) in [5.41, 5.74) is 2.71. The van der Waals surface area contributed by atoms with Gasteiger partial charge >= 0.3 is 0 Å². The first-order valence-corrected chi connectivity index (χ1v) is 5.11. The number of nitrogens with zero attached hydrogens (tertiary/aromatic N) is 1. The molecule has 0 bridgehead atoms. The highest BCUT2D eigenvalue weighted by atomic mass is 15.2. The zero-order chi connectivity index (χ0) is 10.6. The minimum absolute atomic E-state index is 0.306. The van der Waals surface area contributed by atoms with E-state index < -0.39 is 0 Å². The fourth-order valence-corrected chi connectivity index (χ4v) is 1.66. The molecule has 2 nitrogen and oxygen atoms in total. The zero-order valence-corrected chi connectivity index (χ0v) is 9.54. The molecule has 0 amide bonds. The van der Waals surface area contributed by atoms with Crippen LogP contribution < -0.4 is 5.32 Å². The van der Waals surface area contributed by atoms with Gasteiger partial charge in [0.2, 0.25) is 0 Å². The minimum atomic E-state index is 0.306. The van der Waals surface area contributed by atoms with Crippen molar-refractivity contribution in [2.45, 2.75) is 19.5 Å². The SMILES string of the molecule is CCc1ccc(C(NC)N(C)C)cc1. The highest BCUT2D eigenvalue weighted by molar-refractivity contribution is 5.24. The summed E-state index contributed by atoms with van der Waals surface area (Å²) in [5.74, 6) is 0. The van der Waals surface area contributed by atoms with Crippen LogP contribution in [0.2, 0.25) is 0 Å². The Balaban J connectivity index is 2.84. The lowest BCUT2D eigenvalue weighted by Crippen LogP contribution is -2.30. The predicted octanol–water partition coefficient (Wildman–Crippen LogP) is 2.03. The maximum Gasteiger partial charge on any atom is 0.0853 e. The van der Waals surface area contributed by atoms with Crippen molar-refractivity contribution in [2.24, 2.45) is 0 Å². The van der Waals surface area contributed by atoms with Gasteiger partial charge in [0.15, 0.2) is 0 Å². The molecule has 0 spiro atoms. The molecule has 1 unspecified atom stereocenters. The molecule has 0 aromatic heterocycles. The molecule has 78 valence electrons. The second-order valence-corrected chi connectivity index (χ2v) is 3.75. The van der Waals surface area contributed by atoms with Crippen molar-refractivity contribution in [1.82, 2.24) is 10.2 Å². The molecule has 0 saturated heterocycles. The largest absolute Gasteiger partial charge is 0.301 e. The Morgan fingerprint density at radius 1 is 1.21 bits per heavy atom. The molecule has 1 atom stereocenters.